The minimum absolute atomic E-state index is 0.527. The molecule has 0 amide bonds. The van der Waals surface area contributed by atoms with Crippen LogP contribution in [-0.4, -0.2) is 0 Å². The third-order valence-corrected chi connectivity index (χ3v) is 2.66. The summed E-state index contributed by atoms with van der Waals surface area (Å²) in [5, 5.41) is 2.67. The molecule has 1 aromatic heterocycles. The average molecular weight is 186 g/mol. The molecule has 2 rings (SSSR count). The maximum atomic E-state index is 2.25. The second kappa shape index (κ2) is 3.41. The lowest BCUT2D eigenvalue weighted by Gasteiger charge is -2.03. The summed E-state index contributed by atoms with van der Waals surface area (Å²) in [6.07, 6.45) is 4.38. The molecule has 0 radical (unpaired) electrons. The first-order valence-electron chi connectivity index (χ1n) is 5.08. The molecule has 0 aliphatic rings. The topological polar surface area (TPSA) is 3.88 Å². The fourth-order valence-electron chi connectivity index (χ4n) is 1.70. The van der Waals surface area contributed by atoms with Crippen LogP contribution in [0.25, 0.3) is 10.8 Å². The van der Waals surface area contributed by atoms with E-state index in [1.807, 2.05) is 0 Å². The van der Waals surface area contributed by atoms with Gasteiger partial charge in [-0.05, 0) is 31.7 Å². The molecule has 0 aliphatic heterocycles. The minimum atomic E-state index is 0.527. The number of benzene rings is 1. The molecule has 0 saturated carbocycles. The van der Waals surface area contributed by atoms with Crippen molar-refractivity contribution in [2.24, 2.45) is 0 Å². The molecule has 72 valence electrons. The van der Waals surface area contributed by atoms with E-state index in [1.54, 1.807) is 0 Å². The Kier molecular flexibility index (Phi) is 2.24. The fraction of sp³-hybridized carbons (Fsp3) is 0.308. The lowest BCUT2D eigenvalue weighted by atomic mass is 10.1. The van der Waals surface area contributed by atoms with Crippen molar-refractivity contribution in [3.8, 4) is 0 Å². The number of hydrogen-bond donors (Lipinski definition) is 0. The maximum absolute atomic E-state index is 2.25. The van der Waals surface area contributed by atoms with E-state index in [-0.39, 0.29) is 0 Å². The Hall–Kier alpha value is -1.37. The quantitative estimate of drug-likeness (QED) is 0.603. The highest BCUT2D eigenvalue weighted by molar-refractivity contribution is 5.83. The van der Waals surface area contributed by atoms with Crippen LogP contribution in [0, 0.1) is 6.92 Å². The number of rotatable bonds is 1. The van der Waals surface area contributed by atoms with Gasteiger partial charge in [0.15, 0.2) is 18.4 Å². The summed E-state index contributed by atoms with van der Waals surface area (Å²) in [5.41, 5.74) is 1.34. The average Bonchev–Trinajstić information content (AvgIpc) is 2.18. The van der Waals surface area contributed by atoms with Gasteiger partial charge in [-0.25, -0.2) is 4.57 Å². The van der Waals surface area contributed by atoms with Crippen LogP contribution in [0.3, 0.4) is 0 Å². The zero-order valence-electron chi connectivity index (χ0n) is 8.99. The van der Waals surface area contributed by atoms with Gasteiger partial charge >= 0.3 is 0 Å². The third-order valence-electron chi connectivity index (χ3n) is 2.66. The van der Waals surface area contributed by atoms with Gasteiger partial charge in [0.2, 0.25) is 0 Å². The molecule has 1 aromatic carbocycles. The number of hydrogen-bond acceptors (Lipinski definition) is 0. The van der Waals surface area contributed by atoms with E-state index in [1.165, 1.54) is 16.3 Å². The number of nitrogens with zero attached hydrogens (tertiary/aromatic N) is 1. The lowest BCUT2D eigenvalue weighted by molar-refractivity contribution is -0.715. The Morgan fingerprint density at radius 2 is 1.93 bits per heavy atom. The van der Waals surface area contributed by atoms with Crippen molar-refractivity contribution in [1.82, 2.24) is 0 Å². The highest BCUT2D eigenvalue weighted by Crippen LogP contribution is 2.15. The zero-order valence-corrected chi connectivity index (χ0v) is 8.99. The number of aromatic nitrogens is 1. The Labute approximate surface area is 85.0 Å². The van der Waals surface area contributed by atoms with Crippen LogP contribution in [0.1, 0.15) is 25.5 Å². The van der Waals surface area contributed by atoms with Gasteiger partial charge in [-0.15, -0.1) is 0 Å². The van der Waals surface area contributed by atoms with Crippen molar-refractivity contribution in [1.29, 1.82) is 0 Å². The van der Waals surface area contributed by atoms with E-state index in [9.17, 15) is 0 Å². The van der Waals surface area contributed by atoms with Crippen LogP contribution in [0.15, 0.2) is 36.7 Å². The molecular formula is C13H16N+. The minimum Gasteiger partial charge on any atom is -0.202 e. The summed E-state index contributed by atoms with van der Waals surface area (Å²) in [6.45, 7) is 6.56. The molecule has 0 spiro atoms. The van der Waals surface area contributed by atoms with Crippen LogP contribution >= 0.6 is 0 Å². The predicted octanol–water partition coefficient (Wildman–Crippen LogP) is 3.02. The molecule has 0 N–H and O–H groups in total. The number of fused-ring (bicyclic) bond motifs is 1. The number of pyridine rings is 1. The Morgan fingerprint density at radius 3 is 2.64 bits per heavy atom. The summed E-state index contributed by atoms with van der Waals surface area (Å²) in [4.78, 5) is 0. The fourth-order valence-corrected chi connectivity index (χ4v) is 1.70. The zero-order chi connectivity index (χ0) is 10.1. The highest BCUT2D eigenvalue weighted by Gasteiger charge is 2.07. The van der Waals surface area contributed by atoms with Crippen molar-refractivity contribution in [3.05, 3.63) is 42.2 Å². The van der Waals surface area contributed by atoms with Gasteiger partial charge in [0.25, 0.3) is 0 Å². The third kappa shape index (κ3) is 1.50. The van der Waals surface area contributed by atoms with Gasteiger partial charge in [-0.2, -0.15) is 0 Å². The molecule has 0 fully saturated rings. The predicted molar refractivity (Wildman–Crippen MR) is 59.3 cm³/mol. The van der Waals surface area contributed by atoms with Gasteiger partial charge < -0.3 is 0 Å². The molecule has 1 nitrogen and oxygen atoms in total. The van der Waals surface area contributed by atoms with E-state index in [2.05, 4.69) is 62.0 Å². The monoisotopic (exact) mass is 186 g/mol. The van der Waals surface area contributed by atoms with Gasteiger partial charge in [0.1, 0.15) is 0 Å². The Bertz CT molecular complexity index is 458. The van der Waals surface area contributed by atoms with Crippen LogP contribution in [0.4, 0.5) is 0 Å². The largest absolute Gasteiger partial charge is 0.202 e. The van der Waals surface area contributed by atoms with E-state index in [0.29, 0.717) is 6.04 Å². The first-order valence-corrected chi connectivity index (χ1v) is 5.08. The second-order valence-corrected chi connectivity index (χ2v) is 4.06. The molecule has 1 heterocycles. The first kappa shape index (κ1) is 9.20. The molecule has 2 aromatic rings. The van der Waals surface area contributed by atoms with Gasteiger partial charge in [-0.1, -0.05) is 18.2 Å². The molecule has 0 bridgehead atoms. The van der Waals surface area contributed by atoms with E-state index < -0.39 is 0 Å². The van der Waals surface area contributed by atoms with Gasteiger partial charge in [0.05, 0.1) is 0 Å². The van der Waals surface area contributed by atoms with Crippen molar-refractivity contribution in [2.75, 3.05) is 0 Å². The van der Waals surface area contributed by atoms with Crippen molar-refractivity contribution in [2.45, 2.75) is 26.8 Å². The van der Waals surface area contributed by atoms with E-state index >= 15 is 0 Å². The van der Waals surface area contributed by atoms with Crippen LogP contribution < -0.4 is 4.57 Å². The highest BCUT2D eigenvalue weighted by atomic mass is 15.0. The van der Waals surface area contributed by atoms with E-state index in [4.69, 9.17) is 0 Å². The molecule has 0 atom stereocenters. The van der Waals surface area contributed by atoms with Crippen LogP contribution in [0.2, 0.25) is 0 Å². The van der Waals surface area contributed by atoms with Crippen molar-refractivity contribution >= 4 is 10.8 Å². The molecule has 1 heteroatoms. The smallest absolute Gasteiger partial charge is 0.177 e. The maximum Gasteiger partial charge on any atom is 0.177 e. The molecule has 0 saturated heterocycles. The van der Waals surface area contributed by atoms with Crippen molar-refractivity contribution < 1.29 is 4.57 Å². The summed E-state index contributed by atoms with van der Waals surface area (Å²) in [6, 6.07) is 9.14. The standard InChI is InChI=1S/C13H16N/c1-10(2)14-8-7-12-6-4-5-11(3)13(12)9-14/h4-10H,1-3H3/q+1. The normalized spacial score (nSPS) is 11.1. The summed E-state index contributed by atoms with van der Waals surface area (Å²) < 4.78 is 2.25. The Morgan fingerprint density at radius 1 is 1.14 bits per heavy atom. The van der Waals surface area contributed by atoms with Crippen LogP contribution in [0.5, 0.6) is 0 Å². The van der Waals surface area contributed by atoms with Crippen LogP contribution in [-0.2, 0) is 0 Å². The molecule has 14 heavy (non-hydrogen) atoms. The van der Waals surface area contributed by atoms with Gasteiger partial charge in [0, 0.05) is 11.5 Å². The Balaban J connectivity index is 2.70. The summed E-state index contributed by atoms with van der Waals surface area (Å²) in [5.74, 6) is 0. The summed E-state index contributed by atoms with van der Waals surface area (Å²) in [7, 11) is 0. The number of aryl methyl sites for hydroxylation is 1. The second-order valence-electron chi connectivity index (χ2n) is 4.06. The lowest BCUT2D eigenvalue weighted by Crippen LogP contribution is -2.34. The molecular weight excluding hydrogens is 170 g/mol. The van der Waals surface area contributed by atoms with E-state index in [0.717, 1.165) is 0 Å². The molecule has 0 unspecified atom stereocenters. The summed E-state index contributed by atoms with van der Waals surface area (Å²) >= 11 is 0. The molecule has 0 aliphatic carbocycles. The van der Waals surface area contributed by atoms with Crippen molar-refractivity contribution in [3.63, 3.8) is 0 Å². The van der Waals surface area contributed by atoms with Gasteiger partial charge in [-0.3, -0.25) is 0 Å². The SMILES string of the molecule is Cc1cccc2cc[n+](C(C)C)cc12. The first-order chi connectivity index (χ1) is 6.68.